The van der Waals surface area contributed by atoms with Gasteiger partial charge in [-0.15, -0.1) is 0 Å². The second kappa shape index (κ2) is 8.30. The van der Waals surface area contributed by atoms with Crippen LogP contribution in [-0.2, 0) is 11.3 Å². The summed E-state index contributed by atoms with van der Waals surface area (Å²) in [7, 11) is 1.57. The van der Waals surface area contributed by atoms with Crippen molar-refractivity contribution < 1.29 is 23.8 Å². The molecule has 0 unspecified atom stereocenters. The van der Waals surface area contributed by atoms with E-state index >= 15 is 0 Å². The van der Waals surface area contributed by atoms with Gasteiger partial charge in [-0.2, -0.15) is 0 Å². The van der Waals surface area contributed by atoms with E-state index in [0.29, 0.717) is 42.4 Å². The Kier molecular flexibility index (Phi) is 5.41. The van der Waals surface area contributed by atoms with Gasteiger partial charge in [-0.3, -0.25) is 4.79 Å². The van der Waals surface area contributed by atoms with Crippen LogP contribution in [0.3, 0.4) is 0 Å². The van der Waals surface area contributed by atoms with Crippen molar-refractivity contribution in [1.29, 1.82) is 0 Å². The Bertz CT molecular complexity index is 917. The maximum Gasteiger partial charge on any atom is 0.322 e. The number of likely N-dealkylation sites (tertiary alicyclic amines) is 1. The van der Waals surface area contributed by atoms with Gasteiger partial charge in [0.25, 0.3) is 0 Å². The Hall–Kier alpha value is -3.42. The number of fused-ring (bicyclic) bond motifs is 1. The zero-order valence-electron chi connectivity index (χ0n) is 16.1. The molecule has 8 heteroatoms. The number of nitrogens with zero attached hydrogens (tertiary/aromatic N) is 1. The Labute approximate surface area is 168 Å². The molecule has 0 aromatic heterocycles. The Balaban J connectivity index is 1.35. The predicted octanol–water partition coefficient (Wildman–Crippen LogP) is 2.74. The van der Waals surface area contributed by atoms with Gasteiger partial charge in [-0.25, -0.2) is 4.79 Å². The van der Waals surface area contributed by atoms with E-state index in [1.165, 1.54) is 0 Å². The third kappa shape index (κ3) is 4.21. The van der Waals surface area contributed by atoms with Crippen molar-refractivity contribution in [2.24, 2.45) is 0 Å². The summed E-state index contributed by atoms with van der Waals surface area (Å²) in [6.07, 6.45) is 1.42. The monoisotopic (exact) mass is 397 g/mol. The smallest absolute Gasteiger partial charge is 0.322 e. The van der Waals surface area contributed by atoms with E-state index in [4.69, 9.17) is 14.2 Å². The van der Waals surface area contributed by atoms with Crippen LogP contribution >= 0.6 is 0 Å². The SMILES string of the molecule is COc1cccc(NC(=O)N2CCC[C@H]2C(=O)NCc2ccc3c(c2)OCO3)c1. The number of amides is 3. The van der Waals surface area contributed by atoms with Crippen LogP contribution in [0.25, 0.3) is 0 Å². The van der Waals surface area contributed by atoms with Gasteiger partial charge < -0.3 is 29.7 Å². The highest BCUT2D eigenvalue weighted by atomic mass is 16.7. The number of hydrogen-bond acceptors (Lipinski definition) is 5. The normalized spacial score (nSPS) is 17.1. The van der Waals surface area contributed by atoms with Crippen molar-refractivity contribution in [2.45, 2.75) is 25.4 Å². The summed E-state index contributed by atoms with van der Waals surface area (Å²) in [6, 6.07) is 11.9. The van der Waals surface area contributed by atoms with E-state index in [9.17, 15) is 9.59 Å². The average molecular weight is 397 g/mol. The van der Waals surface area contributed by atoms with Crippen molar-refractivity contribution >= 4 is 17.6 Å². The number of benzene rings is 2. The molecular weight excluding hydrogens is 374 g/mol. The second-order valence-corrected chi connectivity index (χ2v) is 6.92. The molecular formula is C21H23N3O5. The zero-order valence-corrected chi connectivity index (χ0v) is 16.1. The molecule has 0 bridgehead atoms. The summed E-state index contributed by atoms with van der Waals surface area (Å²) < 4.78 is 15.8. The molecule has 2 aliphatic heterocycles. The van der Waals surface area contributed by atoms with Crippen LogP contribution in [-0.4, -0.2) is 43.3 Å². The van der Waals surface area contributed by atoms with E-state index in [0.717, 1.165) is 12.0 Å². The molecule has 1 atom stereocenters. The zero-order chi connectivity index (χ0) is 20.2. The van der Waals surface area contributed by atoms with E-state index in [2.05, 4.69) is 10.6 Å². The van der Waals surface area contributed by atoms with Crippen LogP contribution in [0.15, 0.2) is 42.5 Å². The van der Waals surface area contributed by atoms with Gasteiger partial charge in [0.05, 0.1) is 7.11 Å². The molecule has 8 nitrogen and oxygen atoms in total. The van der Waals surface area contributed by atoms with E-state index < -0.39 is 6.04 Å². The number of ether oxygens (including phenoxy) is 3. The Morgan fingerprint density at radius 1 is 1.17 bits per heavy atom. The van der Waals surface area contributed by atoms with Crippen LogP contribution in [0.4, 0.5) is 10.5 Å². The molecule has 2 N–H and O–H groups in total. The number of methoxy groups -OCH3 is 1. The molecule has 1 saturated heterocycles. The highest BCUT2D eigenvalue weighted by Crippen LogP contribution is 2.32. The van der Waals surface area contributed by atoms with E-state index in [1.54, 1.807) is 36.3 Å². The van der Waals surface area contributed by atoms with E-state index in [1.807, 2.05) is 18.2 Å². The fourth-order valence-electron chi connectivity index (χ4n) is 3.54. The third-order valence-corrected chi connectivity index (χ3v) is 5.04. The van der Waals surface area contributed by atoms with E-state index in [-0.39, 0.29) is 18.7 Å². The van der Waals surface area contributed by atoms with Gasteiger partial charge in [-0.05, 0) is 42.7 Å². The van der Waals surface area contributed by atoms with Gasteiger partial charge in [0, 0.05) is 24.8 Å². The summed E-state index contributed by atoms with van der Waals surface area (Å²) in [5.74, 6) is 1.87. The summed E-state index contributed by atoms with van der Waals surface area (Å²) in [5.41, 5.74) is 1.54. The summed E-state index contributed by atoms with van der Waals surface area (Å²) in [5, 5.41) is 5.76. The lowest BCUT2D eigenvalue weighted by Crippen LogP contribution is -2.47. The van der Waals surface area contributed by atoms with Gasteiger partial charge >= 0.3 is 6.03 Å². The molecule has 29 heavy (non-hydrogen) atoms. The van der Waals surface area contributed by atoms with Crippen LogP contribution in [0.1, 0.15) is 18.4 Å². The van der Waals surface area contributed by atoms with Crippen molar-refractivity contribution in [1.82, 2.24) is 10.2 Å². The third-order valence-electron chi connectivity index (χ3n) is 5.04. The molecule has 2 heterocycles. The standard InChI is InChI=1S/C21H23N3O5/c1-27-16-5-2-4-15(11-16)23-21(26)24-9-3-6-17(24)20(25)22-12-14-7-8-18-19(10-14)29-13-28-18/h2,4-5,7-8,10-11,17H,3,6,9,12-13H2,1H3,(H,22,25)(H,23,26)/t17-/m0/s1. The lowest BCUT2D eigenvalue weighted by molar-refractivity contribution is -0.124. The molecule has 4 rings (SSSR count). The van der Waals surface area contributed by atoms with Crippen molar-refractivity contribution in [3.63, 3.8) is 0 Å². The topological polar surface area (TPSA) is 89.1 Å². The minimum absolute atomic E-state index is 0.166. The largest absolute Gasteiger partial charge is 0.497 e. The van der Waals surface area contributed by atoms with Crippen LogP contribution in [0.2, 0.25) is 0 Å². The fourth-order valence-corrected chi connectivity index (χ4v) is 3.54. The number of anilines is 1. The maximum atomic E-state index is 12.7. The molecule has 2 aliphatic rings. The molecule has 0 radical (unpaired) electrons. The number of hydrogen-bond donors (Lipinski definition) is 2. The molecule has 0 saturated carbocycles. The van der Waals surface area contributed by atoms with Crippen LogP contribution in [0.5, 0.6) is 17.2 Å². The number of carbonyl (C=O) groups excluding carboxylic acids is 2. The van der Waals surface area contributed by atoms with Crippen molar-refractivity contribution in [3.8, 4) is 17.2 Å². The van der Waals surface area contributed by atoms with Gasteiger partial charge in [-0.1, -0.05) is 12.1 Å². The number of urea groups is 1. The highest BCUT2D eigenvalue weighted by molar-refractivity contribution is 5.94. The summed E-state index contributed by atoms with van der Waals surface area (Å²) in [4.78, 5) is 27.0. The first-order valence-corrected chi connectivity index (χ1v) is 9.52. The number of nitrogens with one attached hydrogen (secondary N) is 2. The Morgan fingerprint density at radius 3 is 2.90 bits per heavy atom. The minimum Gasteiger partial charge on any atom is -0.497 e. The van der Waals surface area contributed by atoms with Gasteiger partial charge in [0.1, 0.15) is 11.8 Å². The molecule has 1 fully saturated rings. The minimum atomic E-state index is -0.491. The number of carbonyl (C=O) groups is 2. The highest BCUT2D eigenvalue weighted by Gasteiger charge is 2.34. The Morgan fingerprint density at radius 2 is 2.03 bits per heavy atom. The molecule has 152 valence electrons. The second-order valence-electron chi connectivity index (χ2n) is 6.92. The van der Waals surface area contributed by atoms with Gasteiger partial charge in [0.15, 0.2) is 11.5 Å². The molecule has 2 aromatic rings. The first kappa shape index (κ1) is 18.9. The lowest BCUT2D eigenvalue weighted by Gasteiger charge is -2.24. The molecule has 2 aromatic carbocycles. The van der Waals surface area contributed by atoms with Crippen LogP contribution < -0.4 is 24.8 Å². The van der Waals surface area contributed by atoms with Gasteiger partial charge in [0.2, 0.25) is 12.7 Å². The molecule has 0 spiro atoms. The lowest BCUT2D eigenvalue weighted by atomic mass is 10.1. The van der Waals surface area contributed by atoms with Crippen molar-refractivity contribution in [2.75, 3.05) is 25.8 Å². The summed E-state index contributed by atoms with van der Waals surface area (Å²) >= 11 is 0. The molecule has 3 amide bonds. The first-order chi connectivity index (χ1) is 14.1. The van der Waals surface area contributed by atoms with Crippen LogP contribution in [0, 0.1) is 0 Å². The molecule has 0 aliphatic carbocycles. The summed E-state index contributed by atoms with van der Waals surface area (Å²) in [6.45, 7) is 1.11. The fraction of sp³-hybridized carbons (Fsp3) is 0.333. The maximum absolute atomic E-state index is 12.7. The quantitative estimate of drug-likeness (QED) is 0.810. The van der Waals surface area contributed by atoms with Crippen molar-refractivity contribution in [3.05, 3.63) is 48.0 Å². The first-order valence-electron chi connectivity index (χ1n) is 9.52. The number of rotatable bonds is 5. The average Bonchev–Trinajstić information content (AvgIpc) is 3.41. The predicted molar refractivity (Wildman–Crippen MR) is 106 cm³/mol.